The third-order valence-corrected chi connectivity index (χ3v) is 5.91. The summed E-state index contributed by atoms with van der Waals surface area (Å²) in [5.41, 5.74) is 1.27. The van der Waals surface area contributed by atoms with E-state index in [0.29, 0.717) is 6.04 Å². The SMILES string of the molecule is Clc1ccc2ccc3ccc(NC4CCCCC4)c4ccc1c2c34. The molecule has 5 rings (SSSR count). The summed E-state index contributed by atoms with van der Waals surface area (Å²) in [7, 11) is 0. The van der Waals surface area contributed by atoms with E-state index in [2.05, 4.69) is 47.8 Å². The van der Waals surface area contributed by atoms with Crippen LogP contribution in [-0.4, -0.2) is 6.04 Å². The molecule has 1 aliphatic carbocycles. The Hall–Kier alpha value is -1.99. The zero-order valence-corrected chi connectivity index (χ0v) is 14.4. The molecule has 0 heterocycles. The van der Waals surface area contributed by atoms with Gasteiger partial charge in [-0.3, -0.25) is 0 Å². The third-order valence-electron chi connectivity index (χ3n) is 5.58. The summed E-state index contributed by atoms with van der Waals surface area (Å²) in [6.45, 7) is 0. The number of halogens is 1. The summed E-state index contributed by atoms with van der Waals surface area (Å²) in [6, 6.07) is 18.1. The number of nitrogens with one attached hydrogen (secondary N) is 1. The molecule has 0 atom stereocenters. The monoisotopic (exact) mass is 333 g/mol. The van der Waals surface area contributed by atoms with Crippen LogP contribution in [0.3, 0.4) is 0 Å². The predicted octanol–water partition coefficient (Wildman–Crippen LogP) is 6.98. The Bertz CT molecular complexity index is 1030. The van der Waals surface area contributed by atoms with Gasteiger partial charge in [0, 0.05) is 27.5 Å². The first kappa shape index (κ1) is 14.4. The Balaban J connectivity index is 1.76. The lowest BCUT2D eigenvalue weighted by Gasteiger charge is -2.25. The van der Waals surface area contributed by atoms with E-state index < -0.39 is 0 Å². The summed E-state index contributed by atoms with van der Waals surface area (Å²) in [4.78, 5) is 0. The Morgan fingerprint density at radius 3 is 2.12 bits per heavy atom. The van der Waals surface area contributed by atoms with Gasteiger partial charge in [0.15, 0.2) is 0 Å². The molecule has 1 N–H and O–H groups in total. The van der Waals surface area contributed by atoms with Crippen LogP contribution < -0.4 is 5.32 Å². The number of rotatable bonds is 2. The normalized spacial score (nSPS) is 16.4. The molecule has 0 bridgehead atoms. The van der Waals surface area contributed by atoms with Gasteiger partial charge in [-0.1, -0.05) is 67.3 Å². The minimum absolute atomic E-state index is 0.612. The molecular formula is C22H20ClN. The Kier molecular flexibility index (Phi) is 3.31. The van der Waals surface area contributed by atoms with Crippen molar-refractivity contribution in [2.24, 2.45) is 0 Å². The van der Waals surface area contributed by atoms with Crippen molar-refractivity contribution in [2.75, 3.05) is 5.32 Å². The molecule has 0 radical (unpaired) electrons. The fraction of sp³-hybridized carbons (Fsp3) is 0.273. The van der Waals surface area contributed by atoms with E-state index in [-0.39, 0.29) is 0 Å². The van der Waals surface area contributed by atoms with Crippen LogP contribution in [0.15, 0.2) is 48.5 Å². The average molecular weight is 334 g/mol. The van der Waals surface area contributed by atoms with Gasteiger partial charge in [0.2, 0.25) is 0 Å². The first-order valence-corrected chi connectivity index (χ1v) is 9.31. The fourth-order valence-corrected chi connectivity index (χ4v) is 4.58. The Labute approximate surface area is 146 Å². The van der Waals surface area contributed by atoms with Crippen molar-refractivity contribution < 1.29 is 0 Å². The van der Waals surface area contributed by atoms with Crippen molar-refractivity contribution in [1.29, 1.82) is 0 Å². The smallest absolute Gasteiger partial charge is 0.0485 e. The molecule has 24 heavy (non-hydrogen) atoms. The maximum absolute atomic E-state index is 6.46. The van der Waals surface area contributed by atoms with Gasteiger partial charge in [-0.15, -0.1) is 0 Å². The minimum Gasteiger partial charge on any atom is -0.382 e. The third kappa shape index (κ3) is 2.15. The molecule has 1 fully saturated rings. The Morgan fingerprint density at radius 2 is 1.33 bits per heavy atom. The molecule has 0 unspecified atom stereocenters. The van der Waals surface area contributed by atoms with Crippen LogP contribution in [0, 0.1) is 0 Å². The molecule has 2 heteroatoms. The van der Waals surface area contributed by atoms with Crippen LogP contribution in [0.1, 0.15) is 32.1 Å². The van der Waals surface area contributed by atoms with Crippen LogP contribution in [-0.2, 0) is 0 Å². The van der Waals surface area contributed by atoms with E-state index >= 15 is 0 Å². The first-order valence-electron chi connectivity index (χ1n) is 8.94. The minimum atomic E-state index is 0.612. The van der Waals surface area contributed by atoms with Gasteiger partial charge in [0.25, 0.3) is 0 Å². The van der Waals surface area contributed by atoms with Crippen molar-refractivity contribution in [2.45, 2.75) is 38.1 Å². The quantitative estimate of drug-likeness (QED) is 0.390. The molecule has 120 valence electrons. The van der Waals surface area contributed by atoms with Crippen molar-refractivity contribution in [1.82, 2.24) is 0 Å². The van der Waals surface area contributed by atoms with E-state index in [1.165, 1.54) is 64.7 Å². The van der Waals surface area contributed by atoms with E-state index in [1.807, 2.05) is 6.07 Å². The molecule has 1 nitrogen and oxygen atoms in total. The molecule has 1 saturated carbocycles. The van der Waals surface area contributed by atoms with Crippen molar-refractivity contribution in [3.05, 3.63) is 53.6 Å². The fourth-order valence-electron chi connectivity index (χ4n) is 4.36. The number of benzene rings is 4. The van der Waals surface area contributed by atoms with Gasteiger partial charge in [0.1, 0.15) is 0 Å². The van der Waals surface area contributed by atoms with Gasteiger partial charge in [-0.05, 0) is 46.5 Å². The maximum Gasteiger partial charge on any atom is 0.0485 e. The summed E-state index contributed by atoms with van der Waals surface area (Å²) < 4.78 is 0. The molecule has 4 aromatic carbocycles. The van der Waals surface area contributed by atoms with Crippen LogP contribution >= 0.6 is 11.6 Å². The molecule has 0 amide bonds. The summed E-state index contributed by atoms with van der Waals surface area (Å²) in [5, 5.41) is 12.3. The Morgan fingerprint density at radius 1 is 0.708 bits per heavy atom. The molecular weight excluding hydrogens is 314 g/mol. The van der Waals surface area contributed by atoms with Crippen LogP contribution in [0.5, 0.6) is 0 Å². The highest BCUT2D eigenvalue weighted by molar-refractivity contribution is 6.39. The van der Waals surface area contributed by atoms with Crippen LogP contribution in [0.2, 0.25) is 5.02 Å². The zero-order chi connectivity index (χ0) is 16.1. The molecule has 0 aliphatic heterocycles. The van der Waals surface area contributed by atoms with Gasteiger partial charge in [-0.25, -0.2) is 0 Å². The highest BCUT2D eigenvalue weighted by atomic mass is 35.5. The highest BCUT2D eigenvalue weighted by Gasteiger charge is 2.16. The second-order valence-electron chi connectivity index (χ2n) is 7.06. The number of hydrogen-bond donors (Lipinski definition) is 1. The van der Waals surface area contributed by atoms with Gasteiger partial charge in [-0.2, -0.15) is 0 Å². The van der Waals surface area contributed by atoms with E-state index in [1.54, 1.807) is 0 Å². The molecule has 0 spiro atoms. The summed E-state index contributed by atoms with van der Waals surface area (Å²) in [5.74, 6) is 0. The lowest BCUT2D eigenvalue weighted by molar-refractivity contribution is 0.463. The summed E-state index contributed by atoms with van der Waals surface area (Å²) >= 11 is 6.46. The predicted molar refractivity (Wildman–Crippen MR) is 106 cm³/mol. The van der Waals surface area contributed by atoms with Gasteiger partial charge in [0.05, 0.1) is 0 Å². The lowest BCUT2D eigenvalue weighted by atomic mass is 9.92. The number of anilines is 1. The van der Waals surface area contributed by atoms with Gasteiger partial charge >= 0.3 is 0 Å². The maximum atomic E-state index is 6.46. The second kappa shape index (κ2) is 5.53. The van der Waals surface area contributed by atoms with E-state index in [9.17, 15) is 0 Å². The topological polar surface area (TPSA) is 12.0 Å². The molecule has 0 aromatic heterocycles. The van der Waals surface area contributed by atoms with Crippen molar-refractivity contribution in [3.63, 3.8) is 0 Å². The average Bonchev–Trinajstić information content (AvgIpc) is 2.63. The standard InChI is InChI=1S/C22H20ClN/c23-19-12-8-14-6-7-15-9-13-20(24-16-4-2-1-3-5-16)18-11-10-17(19)21(14)22(15)18/h6-13,16,24H,1-5H2. The number of hydrogen-bond acceptors (Lipinski definition) is 1. The van der Waals surface area contributed by atoms with Crippen LogP contribution in [0.25, 0.3) is 32.3 Å². The van der Waals surface area contributed by atoms with Crippen LogP contribution in [0.4, 0.5) is 5.69 Å². The van der Waals surface area contributed by atoms with Crippen molar-refractivity contribution in [3.8, 4) is 0 Å². The summed E-state index contributed by atoms with van der Waals surface area (Å²) in [6.07, 6.45) is 6.65. The lowest BCUT2D eigenvalue weighted by Crippen LogP contribution is -2.22. The van der Waals surface area contributed by atoms with E-state index in [4.69, 9.17) is 11.6 Å². The first-order chi connectivity index (χ1) is 11.8. The van der Waals surface area contributed by atoms with Gasteiger partial charge < -0.3 is 5.32 Å². The van der Waals surface area contributed by atoms with Crippen molar-refractivity contribution >= 4 is 49.6 Å². The molecule has 0 saturated heterocycles. The second-order valence-corrected chi connectivity index (χ2v) is 7.47. The zero-order valence-electron chi connectivity index (χ0n) is 13.6. The largest absolute Gasteiger partial charge is 0.382 e. The van der Waals surface area contributed by atoms with E-state index in [0.717, 1.165) is 10.4 Å². The highest BCUT2D eigenvalue weighted by Crippen LogP contribution is 2.40. The molecule has 4 aromatic rings. The molecule has 1 aliphatic rings.